The highest BCUT2D eigenvalue weighted by Crippen LogP contribution is 2.06. The first kappa shape index (κ1) is 11.6. The van der Waals surface area contributed by atoms with Crippen LogP contribution in [0, 0.1) is 0 Å². The van der Waals surface area contributed by atoms with Gasteiger partial charge in [-0.25, -0.2) is 0 Å². The first-order valence-corrected chi connectivity index (χ1v) is 5.72. The van der Waals surface area contributed by atoms with Crippen LogP contribution in [0.5, 0.6) is 0 Å². The minimum atomic E-state index is 0.336. The van der Waals surface area contributed by atoms with Crippen molar-refractivity contribution < 1.29 is 4.74 Å². The molecular formula is C12H18OS. The Morgan fingerprint density at radius 3 is 2.64 bits per heavy atom. The van der Waals surface area contributed by atoms with E-state index in [-0.39, 0.29) is 0 Å². The first-order chi connectivity index (χ1) is 6.83. The number of hydrogen-bond donors (Lipinski definition) is 1. The number of ether oxygens (including phenoxy) is 1. The molecule has 0 spiro atoms. The summed E-state index contributed by atoms with van der Waals surface area (Å²) in [4.78, 5) is 0. The lowest BCUT2D eigenvalue weighted by Crippen LogP contribution is -2.11. The van der Waals surface area contributed by atoms with E-state index >= 15 is 0 Å². The van der Waals surface area contributed by atoms with Crippen LogP contribution in [0.2, 0.25) is 0 Å². The molecule has 0 saturated heterocycles. The molecule has 0 aliphatic rings. The maximum Gasteiger partial charge on any atom is 0.0557 e. The zero-order chi connectivity index (χ0) is 10.2. The maximum absolute atomic E-state index is 5.54. The van der Waals surface area contributed by atoms with Crippen LogP contribution in [0.15, 0.2) is 30.3 Å². The summed E-state index contributed by atoms with van der Waals surface area (Å²) in [5.41, 5.74) is 1.38. The average Bonchev–Trinajstić information content (AvgIpc) is 2.25. The van der Waals surface area contributed by atoms with Crippen molar-refractivity contribution in [2.24, 2.45) is 0 Å². The van der Waals surface area contributed by atoms with E-state index in [4.69, 9.17) is 4.74 Å². The normalized spacial score (nSPS) is 12.7. The van der Waals surface area contributed by atoms with E-state index in [9.17, 15) is 0 Å². The molecule has 0 fully saturated rings. The number of aryl methyl sites for hydroxylation is 1. The monoisotopic (exact) mass is 210 g/mol. The summed E-state index contributed by atoms with van der Waals surface area (Å²) in [6.07, 6.45) is 2.51. The third kappa shape index (κ3) is 4.68. The van der Waals surface area contributed by atoms with Crippen molar-refractivity contribution in [2.45, 2.75) is 25.9 Å². The molecule has 1 aromatic rings. The van der Waals surface area contributed by atoms with Crippen LogP contribution >= 0.6 is 12.6 Å². The predicted octanol–water partition coefficient (Wildman–Crippen LogP) is 2.95. The van der Waals surface area contributed by atoms with E-state index in [0.29, 0.717) is 6.10 Å². The van der Waals surface area contributed by atoms with Gasteiger partial charge in [0.05, 0.1) is 12.7 Å². The van der Waals surface area contributed by atoms with Crippen LogP contribution in [-0.2, 0) is 11.2 Å². The SMILES string of the molecule is CC(CCc1ccccc1)OCCS. The van der Waals surface area contributed by atoms with Crippen molar-refractivity contribution in [3.8, 4) is 0 Å². The van der Waals surface area contributed by atoms with Gasteiger partial charge < -0.3 is 4.74 Å². The molecule has 0 radical (unpaired) electrons. The molecule has 0 heterocycles. The Hall–Kier alpha value is -0.470. The lowest BCUT2D eigenvalue weighted by atomic mass is 10.1. The van der Waals surface area contributed by atoms with Gasteiger partial charge in [-0.1, -0.05) is 30.3 Å². The standard InChI is InChI=1S/C12H18OS/c1-11(13-9-10-14)7-8-12-5-3-2-4-6-12/h2-6,11,14H,7-10H2,1H3. The van der Waals surface area contributed by atoms with Crippen molar-refractivity contribution in [1.82, 2.24) is 0 Å². The Bertz CT molecular complexity index is 235. The highest BCUT2D eigenvalue weighted by atomic mass is 32.1. The van der Waals surface area contributed by atoms with Gasteiger partial charge in [-0.15, -0.1) is 0 Å². The Labute approximate surface area is 91.9 Å². The summed E-state index contributed by atoms with van der Waals surface area (Å²) < 4.78 is 5.54. The summed E-state index contributed by atoms with van der Waals surface area (Å²) in [6.45, 7) is 2.87. The van der Waals surface area contributed by atoms with Crippen molar-refractivity contribution >= 4 is 12.6 Å². The third-order valence-electron chi connectivity index (χ3n) is 2.18. The molecule has 0 saturated carbocycles. The molecular weight excluding hydrogens is 192 g/mol. The van der Waals surface area contributed by atoms with Gasteiger partial charge >= 0.3 is 0 Å². The fraction of sp³-hybridized carbons (Fsp3) is 0.500. The molecule has 2 heteroatoms. The van der Waals surface area contributed by atoms with E-state index in [1.807, 2.05) is 6.07 Å². The number of benzene rings is 1. The average molecular weight is 210 g/mol. The van der Waals surface area contributed by atoms with Gasteiger partial charge in [0.15, 0.2) is 0 Å². The van der Waals surface area contributed by atoms with Crippen LogP contribution in [0.1, 0.15) is 18.9 Å². The van der Waals surface area contributed by atoms with Crippen LogP contribution < -0.4 is 0 Å². The van der Waals surface area contributed by atoms with Gasteiger partial charge in [-0.3, -0.25) is 0 Å². The van der Waals surface area contributed by atoms with E-state index in [1.54, 1.807) is 0 Å². The molecule has 1 unspecified atom stereocenters. The van der Waals surface area contributed by atoms with Crippen LogP contribution in [-0.4, -0.2) is 18.5 Å². The Morgan fingerprint density at radius 1 is 1.29 bits per heavy atom. The largest absolute Gasteiger partial charge is 0.378 e. The third-order valence-corrected chi connectivity index (χ3v) is 2.36. The van der Waals surface area contributed by atoms with E-state index in [0.717, 1.165) is 25.2 Å². The van der Waals surface area contributed by atoms with Crippen molar-refractivity contribution in [3.05, 3.63) is 35.9 Å². The fourth-order valence-electron chi connectivity index (χ4n) is 1.35. The Morgan fingerprint density at radius 2 is 2.00 bits per heavy atom. The van der Waals surface area contributed by atoms with E-state index in [2.05, 4.69) is 43.8 Å². The van der Waals surface area contributed by atoms with Crippen molar-refractivity contribution in [3.63, 3.8) is 0 Å². The minimum Gasteiger partial charge on any atom is -0.378 e. The number of hydrogen-bond acceptors (Lipinski definition) is 2. The first-order valence-electron chi connectivity index (χ1n) is 5.09. The summed E-state index contributed by atoms with van der Waals surface area (Å²) in [6, 6.07) is 10.5. The number of thiol groups is 1. The molecule has 0 aromatic heterocycles. The Kier molecular flexibility index (Phi) is 5.72. The molecule has 0 bridgehead atoms. The maximum atomic E-state index is 5.54. The quantitative estimate of drug-likeness (QED) is 0.710. The second-order valence-electron chi connectivity index (χ2n) is 3.43. The van der Waals surface area contributed by atoms with Crippen LogP contribution in [0.25, 0.3) is 0 Å². The van der Waals surface area contributed by atoms with Gasteiger partial charge in [0.1, 0.15) is 0 Å². The summed E-state index contributed by atoms with van der Waals surface area (Å²) in [5.74, 6) is 0.801. The molecule has 1 aromatic carbocycles. The summed E-state index contributed by atoms with van der Waals surface area (Å²) in [5, 5.41) is 0. The smallest absolute Gasteiger partial charge is 0.0557 e. The molecule has 0 amide bonds. The van der Waals surface area contributed by atoms with Gasteiger partial charge in [-0.05, 0) is 25.3 Å². The molecule has 1 nitrogen and oxygen atoms in total. The van der Waals surface area contributed by atoms with Gasteiger partial charge in [-0.2, -0.15) is 12.6 Å². The zero-order valence-electron chi connectivity index (χ0n) is 8.65. The van der Waals surface area contributed by atoms with Crippen LogP contribution in [0.4, 0.5) is 0 Å². The zero-order valence-corrected chi connectivity index (χ0v) is 9.54. The minimum absolute atomic E-state index is 0.336. The fourth-order valence-corrected chi connectivity index (χ4v) is 1.46. The van der Waals surface area contributed by atoms with Crippen LogP contribution in [0.3, 0.4) is 0 Å². The number of rotatable bonds is 6. The highest BCUT2D eigenvalue weighted by Gasteiger charge is 2.01. The molecule has 0 N–H and O–H groups in total. The highest BCUT2D eigenvalue weighted by molar-refractivity contribution is 7.80. The van der Waals surface area contributed by atoms with Crippen molar-refractivity contribution in [1.29, 1.82) is 0 Å². The summed E-state index contributed by atoms with van der Waals surface area (Å²) in [7, 11) is 0. The summed E-state index contributed by atoms with van der Waals surface area (Å²) >= 11 is 4.11. The molecule has 0 aliphatic heterocycles. The second-order valence-corrected chi connectivity index (χ2v) is 3.88. The lowest BCUT2D eigenvalue weighted by molar-refractivity contribution is 0.0727. The van der Waals surface area contributed by atoms with Crippen molar-refractivity contribution in [2.75, 3.05) is 12.4 Å². The molecule has 1 rings (SSSR count). The van der Waals surface area contributed by atoms with Gasteiger partial charge in [0.25, 0.3) is 0 Å². The van der Waals surface area contributed by atoms with Gasteiger partial charge in [0, 0.05) is 5.75 Å². The topological polar surface area (TPSA) is 9.23 Å². The Balaban J connectivity index is 2.20. The van der Waals surface area contributed by atoms with Gasteiger partial charge in [0.2, 0.25) is 0 Å². The van der Waals surface area contributed by atoms with E-state index in [1.165, 1.54) is 5.56 Å². The lowest BCUT2D eigenvalue weighted by Gasteiger charge is -2.11. The predicted molar refractivity (Wildman–Crippen MR) is 64.0 cm³/mol. The molecule has 14 heavy (non-hydrogen) atoms. The van der Waals surface area contributed by atoms with E-state index < -0.39 is 0 Å². The molecule has 0 aliphatic carbocycles. The molecule has 78 valence electrons. The molecule has 1 atom stereocenters. The second kappa shape index (κ2) is 6.91.